The number of amides is 1. The number of likely N-dealkylation sites (tertiary alicyclic amines) is 1. The molecule has 1 amide bonds. The zero-order chi connectivity index (χ0) is 14.1. The first-order valence-corrected chi connectivity index (χ1v) is 7.13. The summed E-state index contributed by atoms with van der Waals surface area (Å²) in [6, 6.07) is 9.36. The molecule has 1 saturated heterocycles. The third kappa shape index (κ3) is 2.22. The van der Waals surface area contributed by atoms with Crippen LogP contribution in [0, 0.1) is 5.92 Å². The number of anilines is 1. The van der Waals surface area contributed by atoms with Crippen LogP contribution in [0.3, 0.4) is 0 Å². The molecular weight excluding hydrogens is 250 g/mol. The second-order valence-corrected chi connectivity index (χ2v) is 5.43. The molecular formula is C16H19N3O. The van der Waals surface area contributed by atoms with Gasteiger partial charge in [-0.3, -0.25) is 4.79 Å². The fourth-order valence-corrected chi connectivity index (χ4v) is 2.89. The average Bonchev–Trinajstić information content (AvgIpc) is 2.94. The number of rotatable bonds is 2. The van der Waals surface area contributed by atoms with Crippen molar-refractivity contribution in [1.29, 1.82) is 0 Å². The van der Waals surface area contributed by atoms with Gasteiger partial charge in [0.25, 0.3) is 5.91 Å². The molecule has 1 aliphatic heterocycles. The number of carbonyl (C=O) groups excluding carboxylic acids is 1. The van der Waals surface area contributed by atoms with Crippen molar-refractivity contribution in [2.24, 2.45) is 5.92 Å². The molecule has 1 aromatic carbocycles. The Morgan fingerprint density at radius 3 is 3.00 bits per heavy atom. The maximum absolute atomic E-state index is 12.7. The Bertz CT molecular complexity index is 653. The van der Waals surface area contributed by atoms with E-state index in [1.54, 1.807) is 6.07 Å². The van der Waals surface area contributed by atoms with Crippen molar-refractivity contribution in [2.75, 3.05) is 18.8 Å². The summed E-state index contributed by atoms with van der Waals surface area (Å²) >= 11 is 0. The van der Waals surface area contributed by atoms with Gasteiger partial charge in [0.15, 0.2) is 0 Å². The van der Waals surface area contributed by atoms with Gasteiger partial charge in [0, 0.05) is 18.5 Å². The molecule has 2 heterocycles. The number of pyridine rings is 1. The van der Waals surface area contributed by atoms with E-state index in [4.69, 9.17) is 5.73 Å². The summed E-state index contributed by atoms with van der Waals surface area (Å²) in [4.78, 5) is 18.9. The van der Waals surface area contributed by atoms with E-state index in [0.717, 1.165) is 36.8 Å². The van der Waals surface area contributed by atoms with E-state index in [1.165, 1.54) is 0 Å². The summed E-state index contributed by atoms with van der Waals surface area (Å²) in [6.07, 6.45) is 2.23. The summed E-state index contributed by atoms with van der Waals surface area (Å²) in [6.45, 7) is 3.87. The van der Waals surface area contributed by atoms with Crippen LogP contribution in [-0.2, 0) is 0 Å². The lowest BCUT2D eigenvalue weighted by Crippen LogP contribution is -2.29. The van der Waals surface area contributed by atoms with Gasteiger partial charge in [-0.1, -0.05) is 31.5 Å². The highest BCUT2D eigenvalue weighted by atomic mass is 16.2. The molecule has 0 saturated carbocycles. The second-order valence-electron chi connectivity index (χ2n) is 5.43. The molecule has 1 aromatic heterocycles. The van der Waals surface area contributed by atoms with Gasteiger partial charge in [-0.2, -0.15) is 0 Å². The van der Waals surface area contributed by atoms with Gasteiger partial charge in [-0.25, -0.2) is 4.98 Å². The second kappa shape index (κ2) is 5.12. The lowest BCUT2D eigenvalue weighted by Gasteiger charge is -2.17. The largest absolute Gasteiger partial charge is 0.384 e. The molecule has 2 N–H and O–H groups in total. The van der Waals surface area contributed by atoms with E-state index < -0.39 is 0 Å². The molecule has 104 valence electrons. The molecule has 1 unspecified atom stereocenters. The molecule has 1 fully saturated rings. The third-order valence-electron chi connectivity index (χ3n) is 4.12. The summed E-state index contributed by atoms with van der Waals surface area (Å²) < 4.78 is 0. The Morgan fingerprint density at radius 2 is 2.25 bits per heavy atom. The maximum atomic E-state index is 12.7. The molecule has 0 spiro atoms. The number of fused-ring (bicyclic) bond motifs is 1. The summed E-state index contributed by atoms with van der Waals surface area (Å²) in [5.74, 6) is 1.11. The number of benzene rings is 1. The minimum atomic E-state index is 0.0752. The molecule has 4 heteroatoms. The molecule has 20 heavy (non-hydrogen) atoms. The predicted molar refractivity (Wildman–Crippen MR) is 80.5 cm³/mol. The fraction of sp³-hybridized carbons (Fsp3) is 0.375. The Morgan fingerprint density at radius 1 is 1.45 bits per heavy atom. The number of hydrogen-bond acceptors (Lipinski definition) is 3. The summed E-state index contributed by atoms with van der Waals surface area (Å²) in [5.41, 5.74) is 7.28. The lowest BCUT2D eigenvalue weighted by molar-refractivity contribution is 0.0789. The van der Waals surface area contributed by atoms with Crippen LogP contribution >= 0.6 is 0 Å². The van der Waals surface area contributed by atoms with E-state index in [0.29, 0.717) is 17.3 Å². The van der Waals surface area contributed by atoms with Crippen molar-refractivity contribution in [3.8, 4) is 0 Å². The Hall–Kier alpha value is -2.10. The first-order valence-electron chi connectivity index (χ1n) is 7.13. The monoisotopic (exact) mass is 269 g/mol. The number of hydrogen-bond donors (Lipinski definition) is 1. The van der Waals surface area contributed by atoms with Gasteiger partial charge in [0.05, 0.1) is 11.1 Å². The van der Waals surface area contributed by atoms with E-state index in [2.05, 4.69) is 11.9 Å². The van der Waals surface area contributed by atoms with Crippen molar-refractivity contribution in [1.82, 2.24) is 9.88 Å². The fourth-order valence-electron chi connectivity index (χ4n) is 2.89. The highest BCUT2D eigenvalue weighted by Crippen LogP contribution is 2.25. The standard InChI is InChI=1S/C16H19N3O/c1-2-11-7-8-19(10-11)16(20)13-9-15(17)18-14-6-4-3-5-12(13)14/h3-6,9,11H,2,7-8,10H2,1H3,(H2,17,18). The molecule has 0 bridgehead atoms. The minimum Gasteiger partial charge on any atom is -0.384 e. The average molecular weight is 269 g/mol. The van der Waals surface area contributed by atoms with Gasteiger partial charge < -0.3 is 10.6 Å². The van der Waals surface area contributed by atoms with Crippen LogP contribution in [0.25, 0.3) is 10.9 Å². The number of nitrogen functional groups attached to an aromatic ring is 1. The van der Waals surface area contributed by atoms with Gasteiger partial charge in [0.2, 0.25) is 0 Å². The minimum absolute atomic E-state index is 0.0752. The smallest absolute Gasteiger partial charge is 0.254 e. The van der Waals surface area contributed by atoms with Crippen molar-refractivity contribution in [2.45, 2.75) is 19.8 Å². The van der Waals surface area contributed by atoms with Crippen LogP contribution in [0.15, 0.2) is 30.3 Å². The molecule has 2 aromatic rings. The predicted octanol–water partition coefficient (Wildman–Crippen LogP) is 2.69. The molecule has 0 aliphatic carbocycles. The van der Waals surface area contributed by atoms with Crippen molar-refractivity contribution >= 4 is 22.6 Å². The SMILES string of the molecule is CCC1CCN(C(=O)c2cc(N)nc3ccccc23)C1. The van der Waals surface area contributed by atoms with Crippen molar-refractivity contribution < 1.29 is 4.79 Å². The van der Waals surface area contributed by atoms with E-state index >= 15 is 0 Å². The zero-order valence-electron chi connectivity index (χ0n) is 11.7. The summed E-state index contributed by atoms with van der Waals surface area (Å²) in [7, 11) is 0. The number of carbonyl (C=O) groups is 1. The third-order valence-corrected chi connectivity index (χ3v) is 4.12. The van der Waals surface area contributed by atoms with Crippen molar-refractivity contribution in [3.05, 3.63) is 35.9 Å². The maximum Gasteiger partial charge on any atom is 0.254 e. The van der Waals surface area contributed by atoms with Gasteiger partial charge in [0.1, 0.15) is 5.82 Å². The first kappa shape index (κ1) is 12.9. The quantitative estimate of drug-likeness (QED) is 0.911. The number of nitrogens with zero attached hydrogens (tertiary/aromatic N) is 2. The van der Waals surface area contributed by atoms with Gasteiger partial charge in [-0.05, 0) is 24.5 Å². The van der Waals surface area contributed by atoms with Gasteiger partial charge in [-0.15, -0.1) is 0 Å². The highest BCUT2D eigenvalue weighted by Gasteiger charge is 2.27. The molecule has 1 aliphatic rings. The highest BCUT2D eigenvalue weighted by molar-refractivity contribution is 6.06. The molecule has 0 radical (unpaired) electrons. The van der Waals surface area contributed by atoms with E-state index in [-0.39, 0.29) is 5.91 Å². The zero-order valence-corrected chi connectivity index (χ0v) is 11.7. The van der Waals surface area contributed by atoms with Crippen LogP contribution < -0.4 is 5.73 Å². The number of para-hydroxylation sites is 1. The Balaban J connectivity index is 1.99. The van der Waals surface area contributed by atoms with Crippen LogP contribution in [-0.4, -0.2) is 28.9 Å². The topological polar surface area (TPSA) is 59.2 Å². The first-order chi connectivity index (χ1) is 9.69. The van der Waals surface area contributed by atoms with E-state index in [1.807, 2.05) is 29.2 Å². The molecule has 1 atom stereocenters. The van der Waals surface area contributed by atoms with Crippen LogP contribution in [0.2, 0.25) is 0 Å². The molecule has 4 nitrogen and oxygen atoms in total. The molecule has 3 rings (SSSR count). The normalized spacial score (nSPS) is 18.6. The van der Waals surface area contributed by atoms with Crippen molar-refractivity contribution in [3.63, 3.8) is 0 Å². The lowest BCUT2D eigenvalue weighted by atomic mass is 10.1. The number of nitrogens with two attached hydrogens (primary N) is 1. The number of aromatic nitrogens is 1. The van der Waals surface area contributed by atoms with Crippen LogP contribution in [0.5, 0.6) is 0 Å². The van der Waals surface area contributed by atoms with Crippen LogP contribution in [0.1, 0.15) is 30.1 Å². The van der Waals surface area contributed by atoms with Crippen LogP contribution in [0.4, 0.5) is 5.82 Å². The van der Waals surface area contributed by atoms with E-state index in [9.17, 15) is 4.79 Å². The van der Waals surface area contributed by atoms with Gasteiger partial charge >= 0.3 is 0 Å². The Kier molecular flexibility index (Phi) is 3.30. The summed E-state index contributed by atoms with van der Waals surface area (Å²) in [5, 5.41) is 0.881. The Labute approximate surface area is 118 Å².